The Kier molecular flexibility index (Phi) is 4.73. The summed E-state index contributed by atoms with van der Waals surface area (Å²) in [6.07, 6.45) is 0.0899. The topological polar surface area (TPSA) is 41.1 Å². The number of aromatic amines is 1. The molecule has 2 fully saturated rings. The zero-order valence-electron chi connectivity index (χ0n) is 12.5. The predicted molar refractivity (Wildman–Crippen MR) is 75.5 cm³/mol. The average Bonchev–Trinajstić information content (AvgIpc) is 3.15. The van der Waals surface area contributed by atoms with Crippen molar-refractivity contribution in [2.75, 3.05) is 32.8 Å². The Labute approximate surface area is 128 Å². The summed E-state index contributed by atoms with van der Waals surface area (Å²) in [5.41, 5.74) is -0.233. The smallest absolute Gasteiger partial charge is 0.380 e. The lowest BCUT2D eigenvalue weighted by molar-refractivity contribution is -0.141. The Morgan fingerprint density at radius 3 is 2.82 bits per heavy atom. The van der Waals surface area contributed by atoms with Crippen LogP contribution in [-0.4, -0.2) is 47.9 Å². The molecule has 1 N–H and O–H groups in total. The van der Waals surface area contributed by atoms with Gasteiger partial charge in [-0.05, 0) is 44.2 Å². The van der Waals surface area contributed by atoms with E-state index in [4.69, 9.17) is 4.74 Å². The van der Waals surface area contributed by atoms with Crippen molar-refractivity contribution in [3.05, 3.63) is 17.5 Å². The molecule has 4 nitrogen and oxygen atoms in total. The number of hydrogen-bond acceptors (Lipinski definition) is 3. The van der Waals surface area contributed by atoms with Crippen molar-refractivity contribution in [2.24, 2.45) is 5.92 Å². The number of ether oxygens (including phenoxy) is 1. The number of likely N-dealkylation sites (tertiary alicyclic amines) is 1. The number of piperidine rings is 1. The number of nitrogens with zero attached hydrogens (tertiary/aromatic N) is 2. The Hall–Kier alpha value is -1.08. The van der Waals surface area contributed by atoms with Crippen LogP contribution in [0.2, 0.25) is 0 Å². The van der Waals surface area contributed by atoms with Crippen molar-refractivity contribution in [3.8, 4) is 0 Å². The first kappa shape index (κ1) is 15.8. The van der Waals surface area contributed by atoms with E-state index in [0.717, 1.165) is 51.1 Å². The van der Waals surface area contributed by atoms with Crippen molar-refractivity contribution in [2.45, 2.75) is 37.8 Å². The fourth-order valence-corrected chi connectivity index (χ4v) is 2.93. The average molecular weight is 317 g/mol. The Balaban J connectivity index is 1.48. The van der Waals surface area contributed by atoms with E-state index < -0.39 is 11.9 Å². The second-order valence-electron chi connectivity index (χ2n) is 6.36. The molecule has 124 valence electrons. The van der Waals surface area contributed by atoms with Crippen LogP contribution >= 0.6 is 0 Å². The molecule has 0 amide bonds. The molecular weight excluding hydrogens is 295 g/mol. The summed E-state index contributed by atoms with van der Waals surface area (Å²) in [6.45, 7) is 4.17. The zero-order valence-corrected chi connectivity index (χ0v) is 12.5. The summed E-state index contributed by atoms with van der Waals surface area (Å²) in [4.78, 5) is 2.27. The number of aromatic nitrogens is 2. The molecule has 1 aromatic rings. The van der Waals surface area contributed by atoms with Crippen molar-refractivity contribution in [3.63, 3.8) is 0 Å². The lowest BCUT2D eigenvalue weighted by Crippen LogP contribution is -2.36. The van der Waals surface area contributed by atoms with Gasteiger partial charge in [-0.1, -0.05) is 0 Å². The van der Waals surface area contributed by atoms with Crippen molar-refractivity contribution < 1.29 is 17.9 Å². The number of rotatable bonds is 6. The van der Waals surface area contributed by atoms with E-state index in [9.17, 15) is 13.2 Å². The van der Waals surface area contributed by atoms with E-state index in [2.05, 4.69) is 15.1 Å². The molecule has 0 spiro atoms. The summed E-state index contributed by atoms with van der Waals surface area (Å²) in [6, 6.07) is 1.15. The van der Waals surface area contributed by atoms with E-state index in [1.807, 2.05) is 0 Å². The summed E-state index contributed by atoms with van der Waals surface area (Å²) >= 11 is 0. The Bertz CT molecular complexity index is 485. The molecule has 1 aliphatic heterocycles. The third kappa shape index (κ3) is 4.23. The number of halogens is 3. The molecule has 2 aliphatic rings. The lowest BCUT2D eigenvalue weighted by Gasteiger charge is -2.32. The first-order chi connectivity index (χ1) is 10.5. The lowest BCUT2D eigenvalue weighted by atomic mass is 9.94. The third-order valence-electron chi connectivity index (χ3n) is 4.44. The highest BCUT2D eigenvalue weighted by Gasteiger charge is 2.35. The van der Waals surface area contributed by atoms with Crippen molar-refractivity contribution in [1.82, 2.24) is 15.1 Å². The van der Waals surface area contributed by atoms with Crippen molar-refractivity contribution in [1.29, 1.82) is 0 Å². The van der Waals surface area contributed by atoms with Gasteiger partial charge in [0, 0.05) is 31.3 Å². The maximum atomic E-state index is 12.6. The van der Waals surface area contributed by atoms with Gasteiger partial charge >= 0.3 is 6.18 Å². The van der Waals surface area contributed by atoms with Gasteiger partial charge in [0.15, 0.2) is 5.69 Å². The fourth-order valence-electron chi connectivity index (χ4n) is 2.93. The minimum atomic E-state index is -4.38. The SMILES string of the molecule is FC(F)(F)c1cc([C@H]2CCCN(CCOCC3CC3)C2)[nH]n1. The van der Waals surface area contributed by atoms with E-state index in [0.29, 0.717) is 12.3 Å². The summed E-state index contributed by atoms with van der Waals surface area (Å²) < 4.78 is 43.5. The van der Waals surface area contributed by atoms with E-state index in [1.54, 1.807) is 0 Å². The first-order valence-electron chi connectivity index (χ1n) is 7.95. The minimum absolute atomic E-state index is 0.0979. The summed E-state index contributed by atoms with van der Waals surface area (Å²) in [5.74, 6) is 0.862. The minimum Gasteiger partial charge on any atom is -0.380 e. The molecule has 1 aromatic heterocycles. The van der Waals surface area contributed by atoms with Crippen LogP contribution in [0.25, 0.3) is 0 Å². The van der Waals surface area contributed by atoms with Gasteiger partial charge in [-0.2, -0.15) is 18.3 Å². The van der Waals surface area contributed by atoms with Gasteiger partial charge < -0.3 is 9.64 Å². The van der Waals surface area contributed by atoms with Crippen LogP contribution in [0.4, 0.5) is 13.2 Å². The molecule has 1 saturated carbocycles. The molecule has 3 rings (SSSR count). The van der Waals surface area contributed by atoms with E-state index in [-0.39, 0.29) is 5.92 Å². The van der Waals surface area contributed by atoms with Gasteiger partial charge in [-0.3, -0.25) is 5.10 Å². The number of alkyl halides is 3. The molecular formula is C15H22F3N3O. The van der Waals surface area contributed by atoms with Crippen LogP contribution in [-0.2, 0) is 10.9 Å². The van der Waals surface area contributed by atoms with Gasteiger partial charge in [-0.15, -0.1) is 0 Å². The molecule has 1 atom stereocenters. The maximum Gasteiger partial charge on any atom is 0.435 e. The van der Waals surface area contributed by atoms with Crippen LogP contribution in [0, 0.1) is 5.92 Å². The molecule has 0 radical (unpaired) electrons. The molecule has 0 aromatic carbocycles. The van der Waals surface area contributed by atoms with Crippen LogP contribution in [0.3, 0.4) is 0 Å². The standard InChI is InChI=1S/C15H22F3N3O/c16-15(17,18)14-8-13(19-20-14)12-2-1-5-21(9-12)6-7-22-10-11-3-4-11/h8,11-12H,1-7,9-10H2,(H,19,20)/t12-/m0/s1. The summed E-state index contributed by atoms with van der Waals surface area (Å²) in [5, 5.41) is 5.96. The molecule has 22 heavy (non-hydrogen) atoms. The van der Waals surface area contributed by atoms with Gasteiger partial charge in [-0.25, -0.2) is 0 Å². The normalized spacial score (nSPS) is 23.9. The highest BCUT2D eigenvalue weighted by Crippen LogP contribution is 2.32. The molecule has 7 heteroatoms. The zero-order chi connectivity index (χ0) is 15.6. The van der Waals surface area contributed by atoms with Gasteiger partial charge in [0.2, 0.25) is 0 Å². The molecule has 2 heterocycles. The molecule has 1 aliphatic carbocycles. The number of hydrogen-bond donors (Lipinski definition) is 1. The number of H-pyrrole nitrogens is 1. The first-order valence-corrected chi connectivity index (χ1v) is 7.95. The van der Waals surface area contributed by atoms with Gasteiger partial charge in [0.05, 0.1) is 6.61 Å². The highest BCUT2D eigenvalue weighted by molar-refractivity contribution is 5.16. The molecule has 0 bridgehead atoms. The highest BCUT2D eigenvalue weighted by atomic mass is 19.4. The summed E-state index contributed by atoms with van der Waals surface area (Å²) in [7, 11) is 0. The Morgan fingerprint density at radius 1 is 1.32 bits per heavy atom. The predicted octanol–water partition coefficient (Wildman–Crippen LogP) is 3.03. The van der Waals surface area contributed by atoms with Crippen molar-refractivity contribution >= 4 is 0 Å². The van der Waals surface area contributed by atoms with Crippen LogP contribution in [0.1, 0.15) is 43.0 Å². The second kappa shape index (κ2) is 6.58. The van der Waals surface area contributed by atoms with Crippen LogP contribution < -0.4 is 0 Å². The van der Waals surface area contributed by atoms with Crippen LogP contribution in [0.5, 0.6) is 0 Å². The molecule has 1 saturated heterocycles. The second-order valence-corrected chi connectivity index (χ2v) is 6.36. The number of nitrogens with one attached hydrogen (secondary N) is 1. The van der Waals surface area contributed by atoms with Gasteiger partial charge in [0.1, 0.15) is 0 Å². The quantitative estimate of drug-likeness (QED) is 0.820. The van der Waals surface area contributed by atoms with Crippen LogP contribution in [0.15, 0.2) is 6.07 Å². The van der Waals surface area contributed by atoms with E-state index >= 15 is 0 Å². The fraction of sp³-hybridized carbons (Fsp3) is 0.800. The van der Waals surface area contributed by atoms with Gasteiger partial charge in [0.25, 0.3) is 0 Å². The monoisotopic (exact) mass is 317 g/mol. The maximum absolute atomic E-state index is 12.6. The third-order valence-corrected chi connectivity index (χ3v) is 4.44. The molecule has 0 unspecified atom stereocenters. The largest absolute Gasteiger partial charge is 0.435 e. The Morgan fingerprint density at radius 2 is 2.14 bits per heavy atom. The van der Waals surface area contributed by atoms with E-state index in [1.165, 1.54) is 12.8 Å².